The summed E-state index contributed by atoms with van der Waals surface area (Å²) < 4.78 is 11.6. The molecule has 184 valence electrons. The molecule has 3 aromatic rings. The molecule has 3 aliphatic rings. The Labute approximate surface area is 216 Å². The first kappa shape index (κ1) is 24.4. The molecule has 35 heavy (non-hydrogen) atoms. The summed E-state index contributed by atoms with van der Waals surface area (Å²) in [6, 6.07) is 11.6. The number of rotatable bonds is 7. The van der Waals surface area contributed by atoms with Crippen molar-refractivity contribution in [3.8, 4) is 11.5 Å². The third-order valence-corrected chi connectivity index (χ3v) is 9.08. The molecule has 4 heterocycles. The van der Waals surface area contributed by atoms with Gasteiger partial charge in [-0.1, -0.05) is 29.3 Å². The van der Waals surface area contributed by atoms with Gasteiger partial charge in [0.05, 0.1) is 37.8 Å². The number of halogens is 2. The zero-order valence-corrected chi connectivity index (χ0v) is 21.6. The van der Waals surface area contributed by atoms with Gasteiger partial charge in [-0.25, -0.2) is 0 Å². The Morgan fingerprint density at radius 2 is 2.00 bits per heavy atom. The molecule has 0 radical (unpaired) electrons. The van der Waals surface area contributed by atoms with Gasteiger partial charge in [-0.05, 0) is 47.9 Å². The van der Waals surface area contributed by atoms with Crippen molar-refractivity contribution in [1.29, 1.82) is 0 Å². The van der Waals surface area contributed by atoms with Crippen LogP contribution in [0.3, 0.4) is 0 Å². The Balaban J connectivity index is 1.57. The van der Waals surface area contributed by atoms with Gasteiger partial charge in [-0.15, -0.1) is 6.58 Å². The van der Waals surface area contributed by atoms with E-state index in [9.17, 15) is 5.11 Å². The van der Waals surface area contributed by atoms with Crippen molar-refractivity contribution in [2.75, 3.05) is 27.3 Å². The van der Waals surface area contributed by atoms with Crippen LogP contribution in [0.15, 0.2) is 55.3 Å². The number of aliphatic hydroxyl groups is 1. The van der Waals surface area contributed by atoms with Gasteiger partial charge < -0.3 is 19.1 Å². The topological polar surface area (TPSA) is 51.6 Å². The number of quaternary nitrogens is 1. The van der Waals surface area contributed by atoms with Crippen LogP contribution >= 0.6 is 23.2 Å². The van der Waals surface area contributed by atoms with E-state index >= 15 is 0 Å². The van der Waals surface area contributed by atoms with Crippen molar-refractivity contribution in [3.63, 3.8) is 0 Å². The van der Waals surface area contributed by atoms with Crippen LogP contribution in [0.1, 0.15) is 30.1 Å². The van der Waals surface area contributed by atoms with E-state index < -0.39 is 6.10 Å². The Bertz CT molecular complexity index is 1270. The molecule has 2 aromatic carbocycles. The van der Waals surface area contributed by atoms with Gasteiger partial charge >= 0.3 is 0 Å². The fourth-order valence-corrected chi connectivity index (χ4v) is 6.79. The number of hydrogen-bond acceptors (Lipinski definition) is 4. The highest BCUT2D eigenvalue weighted by molar-refractivity contribution is 6.43. The predicted molar refractivity (Wildman–Crippen MR) is 140 cm³/mol. The first-order chi connectivity index (χ1) is 16.9. The second kappa shape index (κ2) is 9.62. The lowest BCUT2D eigenvalue weighted by atomic mass is 9.71. The minimum Gasteiger partial charge on any atom is -0.497 e. The van der Waals surface area contributed by atoms with Crippen LogP contribution in [-0.4, -0.2) is 47.9 Å². The van der Waals surface area contributed by atoms with E-state index in [4.69, 9.17) is 32.7 Å². The molecule has 0 amide bonds. The maximum absolute atomic E-state index is 11.9. The average molecular weight is 514 g/mol. The molecule has 3 aliphatic heterocycles. The van der Waals surface area contributed by atoms with E-state index in [0.29, 0.717) is 34.2 Å². The molecule has 4 unspecified atom stereocenters. The van der Waals surface area contributed by atoms with Crippen molar-refractivity contribution in [2.24, 2.45) is 11.8 Å². The third-order valence-electron chi connectivity index (χ3n) is 8.17. The number of hydrogen-bond donors (Lipinski definition) is 1. The number of benzene rings is 2. The zero-order chi connectivity index (χ0) is 24.7. The van der Waals surface area contributed by atoms with Crippen molar-refractivity contribution in [1.82, 2.24) is 4.98 Å². The van der Waals surface area contributed by atoms with Crippen LogP contribution in [0.4, 0.5) is 0 Å². The van der Waals surface area contributed by atoms with Crippen LogP contribution in [0.5, 0.6) is 11.5 Å². The number of nitrogens with zero attached hydrogens (tertiary/aromatic N) is 2. The molecule has 7 heteroatoms. The number of aromatic nitrogens is 1. The lowest BCUT2D eigenvalue weighted by Gasteiger charge is -2.58. The maximum Gasteiger partial charge on any atom is 0.139 e. The van der Waals surface area contributed by atoms with E-state index in [2.05, 4.69) is 17.6 Å². The number of fused-ring (bicyclic) bond motifs is 4. The van der Waals surface area contributed by atoms with Gasteiger partial charge in [0.2, 0.25) is 0 Å². The minimum absolute atomic E-state index is 0.0127. The second-order valence-electron chi connectivity index (χ2n) is 9.82. The number of pyridine rings is 1. The molecular weight excluding hydrogens is 483 g/mol. The summed E-state index contributed by atoms with van der Waals surface area (Å²) in [6.45, 7) is 6.71. The van der Waals surface area contributed by atoms with Gasteiger partial charge in [0.1, 0.15) is 35.2 Å². The molecule has 3 fully saturated rings. The molecule has 6 rings (SSSR count). The molecule has 5 atom stereocenters. The Morgan fingerprint density at radius 3 is 2.74 bits per heavy atom. The fourth-order valence-electron chi connectivity index (χ4n) is 6.31. The SMILES string of the molecule is C=CC1C[N+]2(Cc3ccc(OC)c(Cl)c3Cl)CCC1CC2[C@H](O)c1ccnc2ccc(OC)cc12. The maximum atomic E-state index is 11.9. The second-order valence-corrected chi connectivity index (χ2v) is 10.6. The quantitative estimate of drug-likeness (QED) is 0.301. The molecule has 0 aliphatic carbocycles. The van der Waals surface area contributed by atoms with Crippen LogP contribution in [0, 0.1) is 11.8 Å². The summed E-state index contributed by atoms with van der Waals surface area (Å²) in [7, 11) is 3.24. The monoisotopic (exact) mass is 513 g/mol. The van der Waals surface area contributed by atoms with Crippen molar-refractivity contribution >= 4 is 34.1 Å². The molecule has 1 aromatic heterocycles. The summed E-state index contributed by atoms with van der Waals surface area (Å²) in [5, 5.41) is 13.8. The Kier molecular flexibility index (Phi) is 6.71. The third kappa shape index (κ3) is 4.19. The molecule has 1 N–H and O–H groups in total. The molecule has 0 saturated carbocycles. The van der Waals surface area contributed by atoms with E-state index in [1.165, 1.54) is 0 Å². The highest BCUT2D eigenvalue weighted by Crippen LogP contribution is 2.49. The Hall–Kier alpha value is -2.31. The molecular formula is C28H31Cl2N2O3+. The standard InChI is InChI=1S/C28H31Cl2N2O3/c1-4-17-15-32(16-19-5-8-25(35-3)27(30)26(19)29)12-10-18(17)13-24(32)28(33)21-9-11-31-23-7-6-20(34-2)14-22(21)23/h4-9,11,14,17-18,24,28,33H,1,10,12-13,15-16H2,2-3H3/q+1/t17?,18?,24?,28-,32?/m1/s1. The molecule has 2 bridgehead atoms. The first-order valence-corrected chi connectivity index (χ1v) is 12.8. The largest absolute Gasteiger partial charge is 0.497 e. The number of ether oxygens (including phenoxy) is 2. The minimum atomic E-state index is -0.659. The smallest absolute Gasteiger partial charge is 0.139 e. The molecule has 0 spiro atoms. The average Bonchev–Trinajstić information content (AvgIpc) is 2.90. The van der Waals surface area contributed by atoms with Gasteiger partial charge in [0.25, 0.3) is 0 Å². The fraction of sp³-hybridized carbons (Fsp3) is 0.393. The summed E-state index contributed by atoms with van der Waals surface area (Å²) in [6.07, 6.45) is 5.24. The lowest BCUT2D eigenvalue weighted by molar-refractivity contribution is -0.984. The Morgan fingerprint density at radius 1 is 1.17 bits per heavy atom. The summed E-state index contributed by atoms with van der Waals surface area (Å²) >= 11 is 13.2. The predicted octanol–water partition coefficient (Wildman–Crippen LogP) is 6.20. The molecule has 3 saturated heterocycles. The van der Waals surface area contributed by atoms with Gasteiger partial charge in [-0.2, -0.15) is 0 Å². The lowest BCUT2D eigenvalue weighted by Crippen LogP contribution is -2.67. The van der Waals surface area contributed by atoms with Crippen LogP contribution in [0.2, 0.25) is 10.0 Å². The van der Waals surface area contributed by atoms with E-state index in [-0.39, 0.29) is 6.04 Å². The van der Waals surface area contributed by atoms with Crippen LogP contribution in [0.25, 0.3) is 10.9 Å². The summed E-state index contributed by atoms with van der Waals surface area (Å²) in [5.74, 6) is 2.24. The zero-order valence-electron chi connectivity index (χ0n) is 20.1. The van der Waals surface area contributed by atoms with Crippen molar-refractivity contribution < 1.29 is 19.1 Å². The van der Waals surface area contributed by atoms with Crippen LogP contribution < -0.4 is 9.47 Å². The van der Waals surface area contributed by atoms with E-state index in [1.807, 2.05) is 36.4 Å². The van der Waals surface area contributed by atoms with Gasteiger partial charge in [-0.3, -0.25) is 4.98 Å². The normalized spacial score (nSPS) is 26.5. The van der Waals surface area contributed by atoms with Gasteiger partial charge in [0.15, 0.2) is 0 Å². The number of aliphatic hydroxyl groups excluding tert-OH is 1. The highest BCUT2D eigenvalue weighted by Gasteiger charge is 2.54. The van der Waals surface area contributed by atoms with Crippen LogP contribution in [-0.2, 0) is 6.54 Å². The molecule has 5 nitrogen and oxygen atoms in total. The summed E-state index contributed by atoms with van der Waals surface area (Å²) in [5.41, 5.74) is 2.70. The number of piperidine rings is 3. The highest BCUT2D eigenvalue weighted by atomic mass is 35.5. The van der Waals surface area contributed by atoms with E-state index in [1.54, 1.807) is 20.4 Å². The summed E-state index contributed by atoms with van der Waals surface area (Å²) in [4.78, 5) is 4.51. The van der Waals surface area contributed by atoms with E-state index in [0.717, 1.165) is 58.2 Å². The van der Waals surface area contributed by atoms with Crippen molar-refractivity contribution in [3.05, 3.63) is 76.4 Å². The van der Waals surface area contributed by atoms with Gasteiger partial charge in [0, 0.05) is 35.9 Å². The first-order valence-electron chi connectivity index (χ1n) is 12.0. The van der Waals surface area contributed by atoms with Crippen molar-refractivity contribution in [2.45, 2.75) is 31.5 Å². The number of methoxy groups -OCH3 is 2.